The molecule has 1 aliphatic rings. The second kappa shape index (κ2) is 6.20. The minimum Gasteiger partial charge on any atom is -0.313 e. The number of nitrogens with one attached hydrogen (secondary N) is 2. The molecule has 0 spiro atoms. The van der Waals surface area contributed by atoms with Crippen molar-refractivity contribution < 1.29 is 12.8 Å². The second-order valence-electron chi connectivity index (χ2n) is 5.16. The molecule has 2 atom stereocenters. The van der Waals surface area contributed by atoms with Crippen molar-refractivity contribution in [3.8, 4) is 0 Å². The highest BCUT2D eigenvalue weighted by Gasteiger charge is 2.39. The molecule has 2 N–H and O–H groups in total. The van der Waals surface area contributed by atoms with Crippen LogP contribution in [0.25, 0.3) is 0 Å². The summed E-state index contributed by atoms with van der Waals surface area (Å²) in [7, 11) is -3.65. The average molecular weight is 300 g/mol. The lowest BCUT2D eigenvalue weighted by Gasteiger charge is -2.12. The molecule has 112 valence electrons. The van der Waals surface area contributed by atoms with Gasteiger partial charge in [-0.25, -0.2) is 17.5 Å². The Balaban J connectivity index is 2.22. The average Bonchev–Trinajstić information content (AvgIpc) is 3.14. The Kier molecular flexibility index (Phi) is 4.78. The Morgan fingerprint density at radius 1 is 1.35 bits per heavy atom. The third-order valence-electron chi connectivity index (χ3n) is 3.64. The van der Waals surface area contributed by atoms with Gasteiger partial charge in [-0.05, 0) is 36.6 Å². The van der Waals surface area contributed by atoms with Gasteiger partial charge in [0.2, 0.25) is 10.0 Å². The molecule has 20 heavy (non-hydrogen) atoms. The summed E-state index contributed by atoms with van der Waals surface area (Å²) in [5.41, 5.74) is 0.592. The number of benzene rings is 1. The van der Waals surface area contributed by atoms with Crippen molar-refractivity contribution in [2.45, 2.75) is 44.2 Å². The fourth-order valence-corrected chi connectivity index (χ4v) is 3.86. The topological polar surface area (TPSA) is 58.2 Å². The van der Waals surface area contributed by atoms with Crippen LogP contribution < -0.4 is 10.0 Å². The summed E-state index contributed by atoms with van der Waals surface area (Å²) in [4.78, 5) is 0.0419. The summed E-state index contributed by atoms with van der Waals surface area (Å²) >= 11 is 0. The molecule has 6 heteroatoms. The van der Waals surface area contributed by atoms with Crippen molar-refractivity contribution in [2.24, 2.45) is 5.92 Å². The van der Waals surface area contributed by atoms with Gasteiger partial charge >= 0.3 is 0 Å². The smallest absolute Gasteiger partial charge is 0.241 e. The van der Waals surface area contributed by atoms with E-state index < -0.39 is 15.8 Å². The quantitative estimate of drug-likeness (QED) is 0.810. The number of hydrogen-bond donors (Lipinski definition) is 2. The Morgan fingerprint density at radius 2 is 2.10 bits per heavy atom. The van der Waals surface area contributed by atoms with Crippen LogP contribution in [-0.4, -0.2) is 21.0 Å². The van der Waals surface area contributed by atoms with Gasteiger partial charge in [0.1, 0.15) is 5.82 Å². The van der Waals surface area contributed by atoms with Crippen LogP contribution in [-0.2, 0) is 16.6 Å². The lowest BCUT2D eigenvalue weighted by atomic mass is 10.2. The first-order chi connectivity index (χ1) is 9.47. The molecule has 1 aromatic carbocycles. The van der Waals surface area contributed by atoms with E-state index in [-0.39, 0.29) is 10.9 Å². The lowest BCUT2D eigenvalue weighted by molar-refractivity contribution is 0.569. The monoisotopic (exact) mass is 300 g/mol. The summed E-state index contributed by atoms with van der Waals surface area (Å²) in [6.45, 7) is 5.11. The maximum absolute atomic E-state index is 13.4. The Bertz CT molecular complexity index is 575. The van der Waals surface area contributed by atoms with E-state index in [0.29, 0.717) is 18.0 Å². The van der Waals surface area contributed by atoms with Gasteiger partial charge in [0.15, 0.2) is 0 Å². The molecule has 2 unspecified atom stereocenters. The van der Waals surface area contributed by atoms with E-state index in [0.717, 1.165) is 25.5 Å². The maximum Gasteiger partial charge on any atom is 0.241 e. The molecular weight excluding hydrogens is 279 g/mol. The first kappa shape index (κ1) is 15.4. The summed E-state index contributed by atoms with van der Waals surface area (Å²) < 4.78 is 40.8. The number of hydrogen-bond acceptors (Lipinski definition) is 3. The van der Waals surface area contributed by atoms with Crippen molar-refractivity contribution >= 4 is 10.0 Å². The zero-order valence-electron chi connectivity index (χ0n) is 11.8. The standard InChI is InChI=1S/C14H21FN2O2S/c1-3-10-7-13(10)17-20(18,19)14-8-12(15)6-5-11(14)9-16-4-2/h5-6,8,10,13,16-17H,3-4,7,9H2,1-2H3. The fourth-order valence-electron chi connectivity index (χ4n) is 2.29. The Hall–Kier alpha value is -0.980. The van der Waals surface area contributed by atoms with Gasteiger partial charge in [-0.3, -0.25) is 0 Å². The Morgan fingerprint density at radius 3 is 2.70 bits per heavy atom. The molecule has 1 aromatic rings. The molecule has 0 amide bonds. The predicted octanol–water partition coefficient (Wildman–Crippen LogP) is 2.01. The molecule has 0 heterocycles. The Labute approximate surface area is 119 Å². The summed E-state index contributed by atoms with van der Waals surface area (Å²) in [6.07, 6.45) is 1.83. The van der Waals surface area contributed by atoms with Crippen LogP contribution in [0.15, 0.2) is 23.1 Å². The van der Waals surface area contributed by atoms with Crippen LogP contribution in [0.3, 0.4) is 0 Å². The molecule has 0 aliphatic heterocycles. The van der Waals surface area contributed by atoms with Crippen molar-refractivity contribution in [3.63, 3.8) is 0 Å². The van der Waals surface area contributed by atoms with Gasteiger partial charge in [0.05, 0.1) is 4.90 Å². The highest BCUT2D eigenvalue weighted by atomic mass is 32.2. The van der Waals surface area contributed by atoms with Gasteiger partial charge in [0, 0.05) is 12.6 Å². The third kappa shape index (κ3) is 3.56. The van der Waals surface area contributed by atoms with Gasteiger partial charge in [0.25, 0.3) is 0 Å². The van der Waals surface area contributed by atoms with Crippen molar-refractivity contribution in [1.82, 2.24) is 10.0 Å². The first-order valence-electron chi connectivity index (χ1n) is 6.99. The molecular formula is C14H21FN2O2S. The largest absolute Gasteiger partial charge is 0.313 e. The first-order valence-corrected chi connectivity index (χ1v) is 8.47. The number of halogens is 1. The van der Waals surface area contributed by atoms with E-state index in [1.165, 1.54) is 12.1 Å². The fraction of sp³-hybridized carbons (Fsp3) is 0.571. The van der Waals surface area contributed by atoms with Gasteiger partial charge in [-0.2, -0.15) is 0 Å². The minimum atomic E-state index is -3.65. The molecule has 0 bridgehead atoms. The van der Waals surface area contributed by atoms with E-state index in [4.69, 9.17) is 0 Å². The number of rotatable bonds is 7. The molecule has 0 saturated heterocycles. The van der Waals surface area contributed by atoms with Crippen molar-refractivity contribution in [1.29, 1.82) is 0 Å². The summed E-state index contributed by atoms with van der Waals surface area (Å²) in [5, 5.41) is 3.07. The van der Waals surface area contributed by atoms with Crippen molar-refractivity contribution in [2.75, 3.05) is 6.54 Å². The van der Waals surface area contributed by atoms with E-state index >= 15 is 0 Å². The zero-order chi connectivity index (χ0) is 14.8. The predicted molar refractivity (Wildman–Crippen MR) is 76.3 cm³/mol. The van der Waals surface area contributed by atoms with Gasteiger partial charge in [-0.1, -0.05) is 26.3 Å². The van der Waals surface area contributed by atoms with E-state index in [1.807, 2.05) is 13.8 Å². The zero-order valence-corrected chi connectivity index (χ0v) is 12.6. The SMILES string of the molecule is CCNCc1ccc(F)cc1S(=O)(=O)NC1CC1CC. The van der Waals surface area contributed by atoms with Crippen molar-refractivity contribution in [3.05, 3.63) is 29.6 Å². The molecule has 1 fully saturated rings. The van der Waals surface area contributed by atoms with Crippen LogP contribution >= 0.6 is 0 Å². The molecule has 1 saturated carbocycles. The van der Waals surface area contributed by atoms with Gasteiger partial charge in [-0.15, -0.1) is 0 Å². The van der Waals surface area contributed by atoms with Gasteiger partial charge < -0.3 is 5.32 Å². The summed E-state index contributed by atoms with van der Waals surface area (Å²) in [5.74, 6) is -0.121. The van der Waals surface area contributed by atoms with E-state index in [1.54, 1.807) is 0 Å². The number of sulfonamides is 1. The third-order valence-corrected chi connectivity index (χ3v) is 5.21. The molecule has 0 aromatic heterocycles. The highest BCUT2D eigenvalue weighted by molar-refractivity contribution is 7.89. The lowest BCUT2D eigenvalue weighted by Crippen LogP contribution is -2.29. The molecule has 2 rings (SSSR count). The van der Waals surface area contributed by atoms with Crippen LogP contribution in [0, 0.1) is 11.7 Å². The highest BCUT2D eigenvalue weighted by Crippen LogP contribution is 2.34. The summed E-state index contributed by atoms with van der Waals surface area (Å²) in [6, 6.07) is 3.91. The molecule has 0 radical (unpaired) electrons. The normalized spacial score (nSPS) is 21.9. The van der Waals surface area contributed by atoms with E-state index in [9.17, 15) is 12.8 Å². The van der Waals surface area contributed by atoms with Crippen LogP contribution in [0.4, 0.5) is 4.39 Å². The van der Waals surface area contributed by atoms with E-state index in [2.05, 4.69) is 10.0 Å². The van der Waals surface area contributed by atoms with Crippen LogP contribution in [0.2, 0.25) is 0 Å². The molecule has 1 aliphatic carbocycles. The second-order valence-corrected chi connectivity index (χ2v) is 6.85. The van der Waals surface area contributed by atoms with Crippen LogP contribution in [0.1, 0.15) is 32.3 Å². The molecule has 4 nitrogen and oxygen atoms in total. The minimum absolute atomic E-state index is 0.000233. The maximum atomic E-state index is 13.4. The van der Waals surface area contributed by atoms with Crippen LogP contribution in [0.5, 0.6) is 0 Å².